The molecule has 6 nitrogen and oxygen atoms in total. The van der Waals surface area contributed by atoms with Crippen LogP contribution in [0.5, 0.6) is 5.75 Å². The molecule has 22 heavy (non-hydrogen) atoms. The highest BCUT2D eigenvalue weighted by Crippen LogP contribution is 2.19. The van der Waals surface area contributed by atoms with E-state index in [2.05, 4.69) is 15.3 Å². The van der Waals surface area contributed by atoms with Gasteiger partial charge in [-0.25, -0.2) is 0 Å². The zero-order valence-corrected chi connectivity index (χ0v) is 11.1. The van der Waals surface area contributed by atoms with Gasteiger partial charge >= 0.3 is 6.61 Å². The summed E-state index contributed by atoms with van der Waals surface area (Å²) >= 11 is 0. The van der Waals surface area contributed by atoms with Crippen LogP contribution in [-0.2, 0) is 0 Å². The maximum atomic E-state index is 12.3. The van der Waals surface area contributed by atoms with Gasteiger partial charge in [0.25, 0.3) is 5.69 Å². The van der Waals surface area contributed by atoms with E-state index >= 15 is 0 Å². The molecule has 0 spiro atoms. The van der Waals surface area contributed by atoms with E-state index in [4.69, 9.17) is 0 Å². The van der Waals surface area contributed by atoms with Gasteiger partial charge in [-0.1, -0.05) is 12.1 Å². The van der Waals surface area contributed by atoms with Crippen LogP contribution in [0.15, 0.2) is 53.6 Å². The fraction of sp³-hybridized carbons (Fsp3) is 0.0714. The first-order valence-corrected chi connectivity index (χ1v) is 6.13. The molecule has 114 valence electrons. The Morgan fingerprint density at radius 3 is 2.50 bits per heavy atom. The first-order valence-electron chi connectivity index (χ1n) is 6.13. The van der Waals surface area contributed by atoms with Crippen molar-refractivity contribution in [3.63, 3.8) is 0 Å². The molecule has 2 aromatic rings. The van der Waals surface area contributed by atoms with Gasteiger partial charge in [-0.3, -0.25) is 15.5 Å². The van der Waals surface area contributed by atoms with Crippen molar-refractivity contribution < 1.29 is 18.4 Å². The normalized spacial score (nSPS) is 10.9. The molecule has 8 heteroatoms. The maximum Gasteiger partial charge on any atom is 0.387 e. The minimum absolute atomic E-state index is 0.00625. The van der Waals surface area contributed by atoms with Crippen molar-refractivity contribution in [2.75, 3.05) is 5.43 Å². The van der Waals surface area contributed by atoms with Crippen LogP contribution in [-0.4, -0.2) is 17.7 Å². The summed E-state index contributed by atoms with van der Waals surface area (Å²) in [6.45, 7) is -2.92. The number of halogens is 2. The molecule has 2 aromatic carbocycles. The van der Waals surface area contributed by atoms with Crippen molar-refractivity contribution in [3.8, 4) is 5.75 Å². The van der Waals surface area contributed by atoms with Crippen LogP contribution < -0.4 is 10.2 Å². The number of benzene rings is 2. The number of nitrogens with one attached hydrogen (secondary N) is 1. The van der Waals surface area contributed by atoms with Gasteiger partial charge in [-0.2, -0.15) is 13.9 Å². The van der Waals surface area contributed by atoms with E-state index < -0.39 is 11.5 Å². The SMILES string of the molecule is O=[N+]([O-])c1ccc(N/N=C\c2ccccc2OC(F)F)cc1. The fourth-order valence-electron chi connectivity index (χ4n) is 1.62. The molecule has 2 rings (SSSR count). The van der Waals surface area contributed by atoms with Gasteiger partial charge in [0.15, 0.2) is 0 Å². The van der Waals surface area contributed by atoms with E-state index in [0.29, 0.717) is 11.3 Å². The van der Waals surface area contributed by atoms with Crippen LogP contribution >= 0.6 is 0 Å². The molecule has 0 aromatic heterocycles. The van der Waals surface area contributed by atoms with Gasteiger partial charge < -0.3 is 4.74 Å². The smallest absolute Gasteiger partial charge is 0.387 e. The second-order valence-electron chi connectivity index (χ2n) is 4.09. The Hall–Kier alpha value is -3.03. The monoisotopic (exact) mass is 307 g/mol. The highest BCUT2D eigenvalue weighted by Gasteiger charge is 2.07. The number of ether oxygens (including phenoxy) is 1. The van der Waals surface area contributed by atoms with E-state index in [-0.39, 0.29) is 11.4 Å². The summed E-state index contributed by atoms with van der Waals surface area (Å²) in [5.74, 6) is 0.00625. The lowest BCUT2D eigenvalue weighted by molar-refractivity contribution is -0.384. The van der Waals surface area contributed by atoms with Gasteiger partial charge in [0.05, 0.1) is 16.8 Å². The number of non-ortho nitro benzene ring substituents is 1. The molecule has 0 atom stereocenters. The number of anilines is 1. The molecule has 0 aliphatic rings. The second-order valence-corrected chi connectivity index (χ2v) is 4.09. The van der Waals surface area contributed by atoms with Crippen LogP contribution in [0.1, 0.15) is 5.56 Å². The van der Waals surface area contributed by atoms with Crippen LogP contribution in [0.4, 0.5) is 20.2 Å². The van der Waals surface area contributed by atoms with E-state index in [9.17, 15) is 18.9 Å². The Morgan fingerprint density at radius 2 is 1.86 bits per heavy atom. The third kappa shape index (κ3) is 4.23. The molecule has 0 radical (unpaired) electrons. The van der Waals surface area contributed by atoms with Gasteiger partial charge in [-0.15, -0.1) is 0 Å². The Balaban J connectivity index is 2.05. The summed E-state index contributed by atoms with van der Waals surface area (Å²) in [6, 6.07) is 11.8. The summed E-state index contributed by atoms with van der Waals surface area (Å²) in [5, 5.41) is 14.4. The number of nitrogens with zero attached hydrogens (tertiary/aromatic N) is 2. The van der Waals surface area contributed by atoms with Crippen LogP contribution in [0.2, 0.25) is 0 Å². The number of nitro groups is 1. The van der Waals surface area contributed by atoms with Crippen molar-refractivity contribution in [2.45, 2.75) is 6.61 Å². The van der Waals surface area contributed by atoms with Gasteiger partial charge in [0.1, 0.15) is 5.75 Å². The average molecular weight is 307 g/mol. The summed E-state index contributed by atoms with van der Waals surface area (Å²) in [5.41, 5.74) is 3.50. The molecule has 0 aliphatic heterocycles. The molecule has 1 N–H and O–H groups in total. The number of para-hydroxylation sites is 1. The van der Waals surface area contributed by atoms with Crippen LogP contribution in [0, 0.1) is 10.1 Å². The number of hydrogen-bond donors (Lipinski definition) is 1. The molecule has 0 saturated heterocycles. The number of hydrogen-bond acceptors (Lipinski definition) is 5. The van der Waals surface area contributed by atoms with E-state index in [1.165, 1.54) is 36.5 Å². The van der Waals surface area contributed by atoms with E-state index in [1.807, 2.05) is 0 Å². The maximum absolute atomic E-state index is 12.3. The largest absolute Gasteiger partial charge is 0.434 e. The second kappa shape index (κ2) is 7.11. The summed E-state index contributed by atoms with van der Waals surface area (Å²) < 4.78 is 28.9. The summed E-state index contributed by atoms with van der Waals surface area (Å²) in [6.07, 6.45) is 1.32. The van der Waals surface area contributed by atoms with Crippen LogP contribution in [0.25, 0.3) is 0 Å². The first-order chi connectivity index (χ1) is 10.6. The fourth-order valence-corrected chi connectivity index (χ4v) is 1.62. The third-order valence-electron chi connectivity index (χ3n) is 2.61. The molecule has 0 aliphatic carbocycles. The molecule has 0 saturated carbocycles. The molecular formula is C14H11F2N3O3. The van der Waals surface area contributed by atoms with Gasteiger partial charge in [-0.05, 0) is 24.3 Å². The average Bonchev–Trinajstić information content (AvgIpc) is 2.49. The lowest BCUT2D eigenvalue weighted by atomic mass is 10.2. The zero-order chi connectivity index (χ0) is 15.9. The van der Waals surface area contributed by atoms with Crippen molar-refractivity contribution >= 4 is 17.6 Å². The molecule has 0 fully saturated rings. The molecule has 0 unspecified atom stereocenters. The Kier molecular flexibility index (Phi) is 4.97. The summed E-state index contributed by atoms with van der Waals surface area (Å²) in [4.78, 5) is 10.0. The molecular weight excluding hydrogens is 296 g/mol. The predicted octanol–water partition coefficient (Wildman–Crippen LogP) is 3.64. The van der Waals surface area contributed by atoms with Gasteiger partial charge in [0.2, 0.25) is 0 Å². The lowest BCUT2D eigenvalue weighted by Gasteiger charge is -2.07. The minimum Gasteiger partial charge on any atom is -0.434 e. The zero-order valence-electron chi connectivity index (χ0n) is 11.1. The lowest BCUT2D eigenvalue weighted by Crippen LogP contribution is -2.04. The molecule has 0 amide bonds. The number of rotatable bonds is 6. The van der Waals surface area contributed by atoms with E-state index in [1.54, 1.807) is 18.2 Å². The highest BCUT2D eigenvalue weighted by molar-refractivity contribution is 5.84. The van der Waals surface area contributed by atoms with Crippen molar-refractivity contribution in [2.24, 2.45) is 5.10 Å². The number of alkyl halides is 2. The van der Waals surface area contributed by atoms with Crippen molar-refractivity contribution in [3.05, 3.63) is 64.2 Å². The van der Waals surface area contributed by atoms with E-state index in [0.717, 1.165) is 0 Å². The number of hydrazone groups is 1. The Morgan fingerprint density at radius 1 is 1.18 bits per heavy atom. The van der Waals surface area contributed by atoms with Crippen LogP contribution in [0.3, 0.4) is 0 Å². The highest BCUT2D eigenvalue weighted by atomic mass is 19.3. The van der Waals surface area contributed by atoms with Gasteiger partial charge in [0, 0.05) is 17.7 Å². The molecule has 0 bridgehead atoms. The third-order valence-corrected chi connectivity index (χ3v) is 2.61. The Labute approximate surface area is 124 Å². The topological polar surface area (TPSA) is 76.8 Å². The summed E-state index contributed by atoms with van der Waals surface area (Å²) in [7, 11) is 0. The minimum atomic E-state index is -2.92. The van der Waals surface area contributed by atoms with Crippen molar-refractivity contribution in [1.82, 2.24) is 0 Å². The molecule has 0 heterocycles. The number of nitro benzene ring substituents is 1. The van der Waals surface area contributed by atoms with Crippen molar-refractivity contribution in [1.29, 1.82) is 0 Å². The Bertz CT molecular complexity index is 675. The first kappa shape index (κ1) is 15.4. The standard InChI is InChI=1S/C14H11F2N3O3/c15-14(16)22-13-4-2-1-3-10(13)9-17-18-11-5-7-12(8-6-11)19(20)21/h1-9,14,18H/b17-9-. The quantitative estimate of drug-likeness (QED) is 0.502. The predicted molar refractivity (Wildman–Crippen MR) is 77.4 cm³/mol.